The van der Waals surface area contributed by atoms with Crippen LogP contribution in [0, 0.1) is 0 Å². The van der Waals surface area contributed by atoms with Gasteiger partial charge in [0.05, 0.1) is 12.8 Å². The number of benzene rings is 1. The first-order valence-corrected chi connectivity index (χ1v) is 11.2. The fourth-order valence-electron chi connectivity index (χ4n) is 3.94. The number of carbonyl (C=O) groups excluding carboxylic acids is 2. The topological polar surface area (TPSA) is 65.8 Å². The zero-order chi connectivity index (χ0) is 21.9. The summed E-state index contributed by atoms with van der Waals surface area (Å²) in [6, 6.07) is 13.8. The molecule has 0 spiro atoms. The third-order valence-electron chi connectivity index (χ3n) is 5.69. The molecule has 6 nitrogen and oxygen atoms in total. The molecule has 2 aromatic rings. The molecule has 1 aromatic carbocycles. The molecular weight excluding hydrogens is 390 g/mol. The van der Waals surface area contributed by atoms with Gasteiger partial charge >= 0.3 is 6.03 Å². The molecule has 3 rings (SSSR count). The Kier molecular flexibility index (Phi) is 8.76. The number of rotatable bonds is 10. The van der Waals surface area contributed by atoms with Crippen molar-refractivity contribution in [2.24, 2.45) is 0 Å². The van der Waals surface area contributed by atoms with Crippen molar-refractivity contribution in [1.29, 1.82) is 0 Å². The first-order chi connectivity index (χ1) is 15.2. The first-order valence-electron chi connectivity index (χ1n) is 11.2. The minimum atomic E-state index is -0.193. The van der Waals surface area contributed by atoms with Gasteiger partial charge in [-0.1, -0.05) is 55.7 Å². The maximum atomic E-state index is 13.2. The summed E-state index contributed by atoms with van der Waals surface area (Å²) < 4.78 is 5.46. The second-order valence-electron chi connectivity index (χ2n) is 8.08. The SMILES string of the molecule is C=CCN(CC(=O)N(CCc1ccccc1)Cc1ccco1)C(=O)NC1CCCCC1. The van der Waals surface area contributed by atoms with Crippen LogP contribution in [-0.4, -0.2) is 47.4 Å². The van der Waals surface area contributed by atoms with Crippen LogP contribution >= 0.6 is 0 Å². The van der Waals surface area contributed by atoms with E-state index in [1.54, 1.807) is 22.1 Å². The second kappa shape index (κ2) is 12.0. The highest BCUT2D eigenvalue weighted by Gasteiger charge is 2.24. The number of nitrogens with one attached hydrogen (secondary N) is 1. The molecule has 1 aromatic heterocycles. The molecule has 0 radical (unpaired) electrons. The van der Waals surface area contributed by atoms with E-state index < -0.39 is 0 Å². The Balaban J connectivity index is 1.63. The highest BCUT2D eigenvalue weighted by molar-refractivity contribution is 5.84. The molecule has 3 amide bonds. The minimum absolute atomic E-state index is 0.0140. The molecule has 0 atom stereocenters. The summed E-state index contributed by atoms with van der Waals surface area (Å²) >= 11 is 0. The summed E-state index contributed by atoms with van der Waals surface area (Å²) in [7, 11) is 0. The second-order valence-corrected chi connectivity index (χ2v) is 8.08. The van der Waals surface area contributed by atoms with Crippen molar-refractivity contribution in [2.75, 3.05) is 19.6 Å². The van der Waals surface area contributed by atoms with Crippen LogP contribution in [0.4, 0.5) is 4.79 Å². The zero-order valence-corrected chi connectivity index (χ0v) is 18.2. The van der Waals surface area contributed by atoms with Gasteiger partial charge in [0.15, 0.2) is 0 Å². The summed E-state index contributed by atoms with van der Waals surface area (Å²) in [5.74, 6) is 0.622. The van der Waals surface area contributed by atoms with Crippen LogP contribution in [0.25, 0.3) is 0 Å². The van der Waals surface area contributed by atoms with Gasteiger partial charge in [-0.05, 0) is 37.0 Å². The number of hydrogen-bond acceptors (Lipinski definition) is 3. The molecule has 31 heavy (non-hydrogen) atoms. The van der Waals surface area contributed by atoms with Crippen molar-refractivity contribution in [1.82, 2.24) is 15.1 Å². The molecule has 0 aliphatic heterocycles. The summed E-state index contributed by atoms with van der Waals surface area (Å²) in [6.45, 7) is 5.03. The fourth-order valence-corrected chi connectivity index (χ4v) is 3.94. The third-order valence-corrected chi connectivity index (χ3v) is 5.69. The Bertz CT molecular complexity index is 814. The van der Waals surface area contributed by atoms with E-state index in [0.29, 0.717) is 19.6 Å². The maximum absolute atomic E-state index is 13.2. The average molecular weight is 424 g/mol. The van der Waals surface area contributed by atoms with Gasteiger partial charge in [-0.3, -0.25) is 4.79 Å². The van der Waals surface area contributed by atoms with E-state index in [2.05, 4.69) is 24.0 Å². The van der Waals surface area contributed by atoms with Crippen molar-refractivity contribution in [2.45, 2.75) is 51.1 Å². The molecule has 1 saturated carbocycles. The van der Waals surface area contributed by atoms with Gasteiger partial charge in [-0.15, -0.1) is 6.58 Å². The molecule has 1 aliphatic carbocycles. The number of carbonyl (C=O) groups is 2. The number of amides is 3. The lowest BCUT2D eigenvalue weighted by Crippen LogP contribution is -2.49. The zero-order valence-electron chi connectivity index (χ0n) is 18.2. The highest BCUT2D eigenvalue weighted by atomic mass is 16.3. The smallest absolute Gasteiger partial charge is 0.318 e. The Morgan fingerprint density at radius 2 is 1.84 bits per heavy atom. The first kappa shape index (κ1) is 22.7. The largest absolute Gasteiger partial charge is 0.467 e. The summed E-state index contributed by atoms with van der Waals surface area (Å²) in [6.07, 6.45) is 9.52. The van der Waals surface area contributed by atoms with Crippen LogP contribution < -0.4 is 5.32 Å². The normalized spacial score (nSPS) is 14.1. The van der Waals surface area contributed by atoms with Crippen molar-refractivity contribution in [3.63, 3.8) is 0 Å². The van der Waals surface area contributed by atoms with E-state index in [1.807, 2.05) is 30.3 Å². The summed E-state index contributed by atoms with van der Waals surface area (Å²) in [4.78, 5) is 29.3. The van der Waals surface area contributed by atoms with Crippen LogP contribution in [0.15, 0.2) is 65.8 Å². The van der Waals surface area contributed by atoms with Gasteiger partial charge in [-0.25, -0.2) is 4.79 Å². The molecule has 1 heterocycles. The molecule has 0 saturated heterocycles. The third kappa shape index (κ3) is 7.31. The molecule has 6 heteroatoms. The monoisotopic (exact) mass is 423 g/mol. The van der Waals surface area contributed by atoms with Gasteiger partial charge in [0.2, 0.25) is 5.91 Å². The summed E-state index contributed by atoms with van der Waals surface area (Å²) in [5.41, 5.74) is 1.16. The van der Waals surface area contributed by atoms with Crippen molar-refractivity contribution < 1.29 is 14.0 Å². The van der Waals surface area contributed by atoms with E-state index >= 15 is 0 Å². The minimum Gasteiger partial charge on any atom is -0.467 e. The lowest BCUT2D eigenvalue weighted by Gasteiger charge is -2.29. The number of furan rings is 1. The molecule has 0 unspecified atom stereocenters. The Labute approximate surface area is 184 Å². The number of hydrogen-bond donors (Lipinski definition) is 1. The fraction of sp³-hybridized carbons (Fsp3) is 0.440. The highest BCUT2D eigenvalue weighted by Crippen LogP contribution is 2.17. The van der Waals surface area contributed by atoms with E-state index in [4.69, 9.17) is 4.42 Å². The van der Waals surface area contributed by atoms with E-state index in [-0.39, 0.29) is 24.5 Å². The number of nitrogens with zero attached hydrogens (tertiary/aromatic N) is 2. The van der Waals surface area contributed by atoms with Gasteiger partial charge in [0.1, 0.15) is 12.3 Å². The predicted molar refractivity (Wildman–Crippen MR) is 121 cm³/mol. The average Bonchev–Trinajstić information content (AvgIpc) is 3.31. The summed E-state index contributed by atoms with van der Waals surface area (Å²) in [5, 5.41) is 3.10. The molecule has 1 aliphatic rings. The lowest BCUT2D eigenvalue weighted by molar-refractivity contribution is -0.132. The molecular formula is C25H33N3O3. The Morgan fingerprint density at radius 3 is 2.52 bits per heavy atom. The van der Waals surface area contributed by atoms with Crippen LogP contribution in [0.2, 0.25) is 0 Å². The Hall–Kier alpha value is -3.02. The van der Waals surface area contributed by atoms with Crippen LogP contribution in [0.3, 0.4) is 0 Å². The van der Waals surface area contributed by atoms with Gasteiger partial charge in [0, 0.05) is 19.1 Å². The standard InChI is InChI=1S/C25H33N3O3/c1-2-16-28(25(30)26-22-12-7-4-8-13-22)20-24(29)27(19-23-14-9-18-31-23)17-15-21-10-5-3-6-11-21/h2-3,5-6,9-11,14,18,22H,1,4,7-8,12-13,15-17,19-20H2,(H,26,30). The predicted octanol–water partition coefficient (Wildman–Crippen LogP) is 4.38. The quantitative estimate of drug-likeness (QED) is 0.577. The van der Waals surface area contributed by atoms with E-state index in [1.165, 1.54) is 6.42 Å². The van der Waals surface area contributed by atoms with Crippen molar-refractivity contribution in [3.05, 3.63) is 72.7 Å². The lowest BCUT2D eigenvalue weighted by atomic mass is 9.96. The van der Waals surface area contributed by atoms with Gasteiger partial charge in [-0.2, -0.15) is 0 Å². The number of urea groups is 1. The van der Waals surface area contributed by atoms with Crippen molar-refractivity contribution >= 4 is 11.9 Å². The van der Waals surface area contributed by atoms with E-state index in [9.17, 15) is 9.59 Å². The van der Waals surface area contributed by atoms with Crippen molar-refractivity contribution in [3.8, 4) is 0 Å². The molecule has 166 valence electrons. The Morgan fingerprint density at radius 1 is 1.06 bits per heavy atom. The van der Waals surface area contributed by atoms with E-state index in [0.717, 1.165) is 43.4 Å². The molecule has 1 fully saturated rings. The van der Waals surface area contributed by atoms with Crippen LogP contribution in [0.5, 0.6) is 0 Å². The van der Waals surface area contributed by atoms with Crippen LogP contribution in [-0.2, 0) is 17.8 Å². The van der Waals surface area contributed by atoms with Gasteiger partial charge in [0.25, 0.3) is 0 Å². The molecule has 0 bridgehead atoms. The molecule has 1 N–H and O–H groups in total. The maximum Gasteiger partial charge on any atom is 0.318 e. The van der Waals surface area contributed by atoms with Crippen LogP contribution in [0.1, 0.15) is 43.4 Å². The van der Waals surface area contributed by atoms with Gasteiger partial charge < -0.3 is 19.5 Å².